The van der Waals surface area contributed by atoms with Gasteiger partial charge < -0.3 is 4.57 Å². The summed E-state index contributed by atoms with van der Waals surface area (Å²) in [6.07, 6.45) is 9.41. The Morgan fingerprint density at radius 3 is 2.79 bits per heavy atom. The average Bonchev–Trinajstić information content (AvgIpc) is 2.83. The third kappa shape index (κ3) is 1.69. The van der Waals surface area contributed by atoms with Crippen LogP contribution in [-0.2, 0) is 13.0 Å². The first-order chi connectivity index (χ1) is 9.33. The van der Waals surface area contributed by atoms with Crippen molar-refractivity contribution < 1.29 is 0 Å². The number of hydrazine groups is 1. The number of aryl methyl sites for hydroxylation is 1. The Morgan fingerprint density at radius 2 is 2.16 bits per heavy atom. The number of hydrogen-bond donors (Lipinski definition) is 2. The first-order valence-corrected chi connectivity index (χ1v) is 7.79. The van der Waals surface area contributed by atoms with Crippen LogP contribution in [0.25, 0.3) is 0 Å². The molecule has 104 valence electrons. The van der Waals surface area contributed by atoms with Crippen LogP contribution in [0.1, 0.15) is 32.0 Å². The highest BCUT2D eigenvalue weighted by Gasteiger charge is 2.66. The van der Waals surface area contributed by atoms with Crippen LogP contribution >= 0.6 is 0 Å². The number of rotatable bonds is 5. The average molecular weight is 260 g/mol. The molecule has 3 N–H and O–H groups in total. The summed E-state index contributed by atoms with van der Waals surface area (Å²) in [4.78, 5) is 4.50. The standard InChI is InChI=1S/C15H24N4/c1-2-19-6-5-17-12(19)8-11(18-16)15-13-9-3-4-10(7-9)14(13)15/h5-6,9-11,13-15,18H,2-4,7-8,16H2,1H3. The zero-order valence-electron chi connectivity index (χ0n) is 11.6. The summed E-state index contributed by atoms with van der Waals surface area (Å²) in [5, 5.41) is 0. The second-order valence-electron chi connectivity index (χ2n) is 6.67. The number of nitrogens with zero attached hydrogens (tertiary/aromatic N) is 2. The zero-order chi connectivity index (χ0) is 13.0. The van der Waals surface area contributed by atoms with E-state index in [4.69, 9.17) is 5.84 Å². The van der Waals surface area contributed by atoms with E-state index in [-0.39, 0.29) is 0 Å². The van der Waals surface area contributed by atoms with Crippen molar-refractivity contribution in [3.63, 3.8) is 0 Å². The molecule has 19 heavy (non-hydrogen) atoms. The van der Waals surface area contributed by atoms with Gasteiger partial charge in [-0.2, -0.15) is 0 Å². The molecular weight excluding hydrogens is 236 g/mol. The third-order valence-corrected chi connectivity index (χ3v) is 6.02. The number of imidazole rings is 1. The molecule has 0 amide bonds. The molecule has 4 rings (SSSR count). The molecule has 3 aliphatic carbocycles. The van der Waals surface area contributed by atoms with Gasteiger partial charge in [-0.3, -0.25) is 11.3 Å². The van der Waals surface area contributed by atoms with Crippen LogP contribution in [0, 0.1) is 29.6 Å². The molecule has 0 aliphatic heterocycles. The quantitative estimate of drug-likeness (QED) is 0.624. The van der Waals surface area contributed by atoms with Gasteiger partial charge in [-0.1, -0.05) is 0 Å². The Morgan fingerprint density at radius 1 is 1.42 bits per heavy atom. The summed E-state index contributed by atoms with van der Waals surface area (Å²) in [5.41, 5.74) is 3.10. The molecule has 0 radical (unpaired) electrons. The molecular formula is C15H24N4. The lowest BCUT2D eigenvalue weighted by molar-refractivity contribution is 0.358. The van der Waals surface area contributed by atoms with E-state index in [1.165, 1.54) is 25.1 Å². The Hall–Kier alpha value is -0.870. The highest BCUT2D eigenvalue weighted by atomic mass is 15.2. The van der Waals surface area contributed by atoms with Crippen molar-refractivity contribution >= 4 is 0 Å². The number of nitrogens with one attached hydrogen (secondary N) is 1. The van der Waals surface area contributed by atoms with Gasteiger partial charge >= 0.3 is 0 Å². The van der Waals surface area contributed by atoms with Crippen molar-refractivity contribution in [3.8, 4) is 0 Å². The number of nitrogens with two attached hydrogens (primary N) is 1. The van der Waals surface area contributed by atoms with E-state index in [2.05, 4.69) is 28.1 Å². The highest BCUT2D eigenvalue weighted by molar-refractivity contribution is 5.16. The molecule has 3 saturated carbocycles. The molecule has 5 unspecified atom stereocenters. The predicted octanol–water partition coefficient (Wildman–Crippen LogP) is 1.57. The van der Waals surface area contributed by atoms with Crippen molar-refractivity contribution in [1.29, 1.82) is 0 Å². The van der Waals surface area contributed by atoms with Crippen LogP contribution in [0.2, 0.25) is 0 Å². The Labute approximate surface area is 114 Å². The second kappa shape index (κ2) is 4.32. The van der Waals surface area contributed by atoms with E-state index in [1.54, 1.807) is 0 Å². The van der Waals surface area contributed by atoms with Crippen LogP contribution in [0.3, 0.4) is 0 Å². The summed E-state index contributed by atoms with van der Waals surface area (Å²) in [5.74, 6) is 11.8. The molecule has 2 bridgehead atoms. The molecule has 5 atom stereocenters. The van der Waals surface area contributed by atoms with Gasteiger partial charge in [-0.15, -0.1) is 0 Å². The van der Waals surface area contributed by atoms with Gasteiger partial charge in [0.15, 0.2) is 0 Å². The van der Waals surface area contributed by atoms with Crippen LogP contribution in [0.4, 0.5) is 0 Å². The van der Waals surface area contributed by atoms with E-state index < -0.39 is 0 Å². The van der Waals surface area contributed by atoms with Gasteiger partial charge in [-0.25, -0.2) is 4.98 Å². The number of hydrogen-bond acceptors (Lipinski definition) is 3. The molecule has 0 saturated heterocycles. The number of fused-ring (bicyclic) bond motifs is 5. The molecule has 1 aromatic rings. The van der Waals surface area contributed by atoms with E-state index >= 15 is 0 Å². The molecule has 3 fully saturated rings. The monoisotopic (exact) mass is 260 g/mol. The molecule has 1 heterocycles. The molecule has 0 aromatic carbocycles. The number of aromatic nitrogens is 2. The molecule has 4 nitrogen and oxygen atoms in total. The molecule has 0 spiro atoms. The maximum absolute atomic E-state index is 5.85. The minimum atomic E-state index is 0.422. The van der Waals surface area contributed by atoms with Crippen LogP contribution in [0.5, 0.6) is 0 Å². The third-order valence-electron chi connectivity index (χ3n) is 6.02. The molecule has 1 aromatic heterocycles. The van der Waals surface area contributed by atoms with Gasteiger partial charge in [0, 0.05) is 31.4 Å². The maximum atomic E-state index is 5.85. The summed E-state index contributed by atoms with van der Waals surface area (Å²) in [6, 6.07) is 0.422. The van der Waals surface area contributed by atoms with E-state index in [9.17, 15) is 0 Å². The first-order valence-electron chi connectivity index (χ1n) is 7.79. The summed E-state index contributed by atoms with van der Waals surface area (Å²) in [6.45, 7) is 3.16. The molecule has 3 aliphatic rings. The minimum Gasteiger partial charge on any atom is -0.335 e. The topological polar surface area (TPSA) is 55.9 Å². The Balaban J connectivity index is 1.48. The van der Waals surface area contributed by atoms with Gasteiger partial charge in [0.25, 0.3) is 0 Å². The Bertz CT molecular complexity index is 452. The SMILES string of the molecule is CCn1ccnc1CC(NN)C1C2C3CCC(C3)C21. The van der Waals surface area contributed by atoms with Crippen molar-refractivity contribution in [2.45, 2.75) is 45.2 Å². The fourth-order valence-electron chi connectivity index (χ4n) is 5.25. The van der Waals surface area contributed by atoms with Gasteiger partial charge in [0.2, 0.25) is 0 Å². The first kappa shape index (κ1) is 11.9. The zero-order valence-corrected chi connectivity index (χ0v) is 11.6. The highest BCUT2D eigenvalue weighted by Crippen LogP contribution is 2.70. The van der Waals surface area contributed by atoms with Crippen LogP contribution < -0.4 is 11.3 Å². The lowest BCUT2D eigenvalue weighted by atomic mass is 9.96. The van der Waals surface area contributed by atoms with E-state index in [0.29, 0.717) is 6.04 Å². The van der Waals surface area contributed by atoms with Crippen molar-refractivity contribution in [2.24, 2.45) is 35.4 Å². The van der Waals surface area contributed by atoms with Gasteiger partial charge in [0.05, 0.1) is 0 Å². The van der Waals surface area contributed by atoms with E-state index in [0.717, 1.165) is 42.6 Å². The van der Waals surface area contributed by atoms with Gasteiger partial charge in [-0.05, 0) is 55.8 Å². The largest absolute Gasteiger partial charge is 0.335 e. The van der Waals surface area contributed by atoms with Crippen LogP contribution in [0.15, 0.2) is 12.4 Å². The lowest BCUT2D eigenvalue weighted by Gasteiger charge is -2.19. The second-order valence-corrected chi connectivity index (χ2v) is 6.67. The fourth-order valence-corrected chi connectivity index (χ4v) is 5.25. The summed E-state index contributed by atoms with van der Waals surface area (Å²) >= 11 is 0. The summed E-state index contributed by atoms with van der Waals surface area (Å²) in [7, 11) is 0. The lowest BCUT2D eigenvalue weighted by Crippen LogP contribution is -2.40. The normalized spacial score (nSPS) is 40.4. The Kier molecular flexibility index (Phi) is 2.71. The van der Waals surface area contributed by atoms with Gasteiger partial charge in [0.1, 0.15) is 5.82 Å². The minimum absolute atomic E-state index is 0.422. The van der Waals surface area contributed by atoms with Crippen molar-refractivity contribution in [1.82, 2.24) is 15.0 Å². The van der Waals surface area contributed by atoms with E-state index in [1.807, 2.05) is 6.20 Å². The maximum Gasteiger partial charge on any atom is 0.110 e. The smallest absolute Gasteiger partial charge is 0.110 e. The van der Waals surface area contributed by atoms with Crippen molar-refractivity contribution in [3.05, 3.63) is 18.2 Å². The summed E-state index contributed by atoms with van der Waals surface area (Å²) < 4.78 is 2.23. The predicted molar refractivity (Wildman–Crippen MR) is 74.0 cm³/mol. The fraction of sp³-hybridized carbons (Fsp3) is 0.800. The van der Waals surface area contributed by atoms with Crippen molar-refractivity contribution in [2.75, 3.05) is 0 Å². The molecule has 4 heteroatoms. The van der Waals surface area contributed by atoms with Crippen LogP contribution in [-0.4, -0.2) is 15.6 Å².